The molecule has 0 radical (unpaired) electrons. The minimum atomic E-state index is -0.669. The number of rotatable bonds is 6. The first kappa shape index (κ1) is 18.6. The van der Waals surface area contributed by atoms with Gasteiger partial charge in [-0.15, -0.1) is 0 Å². The van der Waals surface area contributed by atoms with Crippen LogP contribution >= 0.6 is 0 Å². The first-order chi connectivity index (χ1) is 13.5. The van der Waals surface area contributed by atoms with Gasteiger partial charge < -0.3 is 10.5 Å². The Morgan fingerprint density at radius 2 is 1.71 bits per heavy atom. The predicted octanol–water partition coefficient (Wildman–Crippen LogP) is 1.02. The van der Waals surface area contributed by atoms with Crippen LogP contribution in [0.4, 0.5) is 0 Å². The Labute approximate surface area is 159 Å². The van der Waals surface area contributed by atoms with E-state index in [-0.39, 0.29) is 17.0 Å². The third-order valence-corrected chi connectivity index (χ3v) is 3.72. The highest BCUT2D eigenvalue weighted by Crippen LogP contribution is 2.17. The average molecular weight is 379 g/mol. The lowest BCUT2D eigenvalue weighted by Gasteiger charge is -2.10. The van der Waals surface area contributed by atoms with Crippen LogP contribution in [0, 0.1) is 0 Å². The number of ether oxygens (including phenoxy) is 1. The fourth-order valence-electron chi connectivity index (χ4n) is 2.36. The van der Waals surface area contributed by atoms with E-state index in [4.69, 9.17) is 10.5 Å². The van der Waals surface area contributed by atoms with Crippen LogP contribution < -0.4 is 21.3 Å². The number of H-pyrrole nitrogens is 1. The van der Waals surface area contributed by atoms with Crippen molar-refractivity contribution in [1.82, 2.24) is 21.0 Å². The van der Waals surface area contributed by atoms with E-state index >= 15 is 0 Å². The minimum absolute atomic E-state index is 0.158. The van der Waals surface area contributed by atoms with Gasteiger partial charge in [0.15, 0.2) is 6.61 Å². The molecule has 0 saturated carbocycles. The third-order valence-electron chi connectivity index (χ3n) is 3.72. The normalized spacial score (nSPS) is 10.1. The quantitative estimate of drug-likeness (QED) is 0.474. The van der Waals surface area contributed by atoms with Crippen LogP contribution in [0.2, 0.25) is 0 Å². The highest BCUT2D eigenvalue weighted by molar-refractivity contribution is 5.96. The van der Waals surface area contributed by atoms with Crippen molar-refractivity contribution in [2.45, 2.75) is 0 Å². The highest BCUT2D eigenvalue weighted by Gasteiger charge is 2.13. The molecule has 0 unspecified atom stereocenters. The lowest BCUT2D eigenvalue weighted by molar-refractivity contribution is -0.123. The number of benzene rings is 2. The van der Waals surface area contributed by atoms with E-state index in [9.17, 15) is 14.4 Å². The molecule has 0 aliphatic rings. The van der Waals surface area contributed by atoms with Crippen LogP contribution in [0.15, 0.2) is 60.7 Å². The molecule has 0 bridgehead atoms. The van der Waals surface area contributed by atoms with Gasteiger partial charge in [-0.25, -0.2) is 0 Å². The molecule has 0 atom stereocenters. The molecule has 28 heavy (non-hydrogen) atoms. The minimum Gasteiger partial charge on any atom is -0.483 e. The maximum Gasteiger partial charge on any atom is 0.287 e. The molecule has 9 heteroatoms. The average Bonchev–Trinajstić information content (AvgIpc) is 3.21. The largest absolute Gasteiger partial charge is 0.483 e. The number of hydrazine groups is 1. The summed E-state index contributed by atoms with van der Waals surface area (Å²) < 4.78 is 5.28. The van der Waals surface area contributed by atoms with Crippen LogP contribution in [0.1, 0.15) is 20.8 Å². The van der Waals surface area contributed by atoms with E-state index in [1.54, 1.807) is 18.2 Å². The molecule has 0 fully saturated rings. The van der Waals surface area contributed by atoms with Crippen LogP contribution in [0.3, 0.4) is 0 Å². The van der Waals surface area contributed by atoms with Gasteiger partial charge in [-0.2, -0.15) is 5.10 Å². The molecule has 5 N–H and O–H groups in total. The van der Waals surface area contributed by atoms with Crippen molar-refractivity contribution in [1.29, 1.82) is 0 Å². The number of nitrogens with two attached hydrogens (primary N) is 1. The van der Waals surface area contributed by atoms with Crippen molar-refractivity contribution in [3.63, 3.8) is 0 Å². The molecular formula is C19H17N5O4. The zero-order valence-corrected chi connectivity index (χ0v) is 14.6. The van der Waals surface area contributed by atoms with E-state index in [2.05, 4.69) is 21.0 Å². The van der Waals surface area contributed by atoms with Gasteiger partial charge in [-0.1, -0.05) is 42.5 Å². The first-order valence-electron chi connectivity index (χ1n) is 8.26. The summed E-state index contributed by atoms with van der Waals surface area (Å²) in [5.41, 5.74) is 11.5. The highest BCUT2D eigenvalue weighted by atomic mass is 16.5. The number of aromatic nitrogens is 2. The summed E-state index contributed by atoms with van der Waals surface area (Å²) in [6.45, 7) is -0.414. The predicted molar refractivity (Wildman–Crippen MR) is 100 cm³/mol. The number of carbonyl (C=O) groups excluding carboxylic acids is 3. The Kier molecular flexibility index (Phi) is 5.66. The van der Waals surface area contributed by atoms with Gasteiger partial charge >= 0.3 is 0 Å². The number of primary amides is 1. The molecule has 0 aliphatic heterocycles. The van der Waals surface area contributed by atoms with Gasteiger partial charge in [-0.3, -0.25) is 30.3 Å². The summed E-state index contributed by atoms with van der Waals surface area (Å²) >= 11 is 0. The number of amides is 3. The van der Waals surface area contributed by atoms with Crippen LogP contribution in [-0.4, -0.2) is 34.5 Å². The maximum atomic E-state index is 12.1. The lowest BCUT2D eigenvalue weighted by atomic mass is 10.1. The van der Waals surface area contributed by atoms with Gasteiger partial charge in [0.2, 0.25) is 0 Å². The van der Waals surface area contributed by atoms with E-state index in [1.807, 2.05) is 30.3 Å². The number of nitrogens with one attached hydrogen (secondary N) is 3. The van der Waals surface area contributed by atoms with Crippen molar-refractivity contribution >= 4 is 17.7 Å². The van der Waals surface area contributed by atoms with Crippen molar-refractivity contribution in [2.75, 3.05) is 6.61 Å². The molecule has 0 saturated heterocycles. The standard InChI is InChI=1S/C19H17N5O4/c20-18(26)13-8-4-5-9-16(13)28-11-17(25)23-24-19(27)15-10-14(21-22-15)12-6-2-1-3-7-12/h1-10H,11H2,(H2,20,26)(H,21,22)(H,23,25)(H,24,27). The topological polar surface area (TPSA) is 139 Å². The van der Waals surface area contributed by atoms with Crippen molar-refractivity contribution < 1.29 is 19.1 Å². The maximum absolute atomic E-state index is 12.1. The van der Waals surface area contributed by atoms with Gasteiger partial charge in [0.05, 0.1) is 11.3 Å². The summed E-state index contributed by atoms with van der Waals surface area (Å²) in [6.07, 6.45) is 0. The molecular weight excluding hydrogens is 362 g/mol. The first-order valence-corrected chi connectivity index (χ1v) is 8.26. The third kappa shape index (κ3) is 4.52. The van der Waals surface area contributed by atoms with Crippen molar-refractivity contribution in [3.05, 3.63) is 71.9 Å². The number of hydrogen-bond donors (Lipinski definition) is 4. The second-order valence-electron chi connectivity index (χ2n) is 5.68. The molecule has 0 aliphatic carbocycles. The van der Waals surface area contributed by atoms with Gasteiger partial charge in [0.25, 0.3) is 17.7 Å². The Hall–Kier alpha value is -4.14. The van der Waals surface area contributed by atoms with Gasteiger partial charge in [-0.05, 0) is 18.2 Å². The fraction of sp³-hybridized carbons (Fsp3) is 0.0526. The van der Waals surface area contributed by atoms with Crippen molar-refractivity contribution in [3.8, 4) is 17.0 Å². The van der Waals surface area contributed by atoms with E-state index < -0.39 is 24.3 Å². The number of aromatic amines is 1. The zero-order valence-electron chi connectivity index (χ0n) is 14.6. The molecule has 1 heterocycles. The van der Waals surface area contributed by atoms with E-state index in [0.29, 0.717) is 5.69 Å². The summed E-state index contributed by atoms with van der Waals surface area (Å²) in [5.74, 6) is -1.67. The van der Waals surface area contributed by atoms with Gasteiger partial charge in [0, 0.05) is 5.56 Å². The summed E-state index contributed by atoms with van der Waals surface area (Å²) in [6, 6.07) is 17.2. The Morgan fingerprint density at radius 3 is 2.46 bits per heavy atom. The van der Waals surface area contributed by atoms with Crippen LogP contribution in [-0.2, 0) is 4.79 Å². The number of hydrogen-bond acceptors (Lipinski definition) is 5. The molecule has 2 aromatic carbocycles. The van der Waals surface area contributed by atoms with Gasteiger partial charge in [0.1, 0.15) is 11.4 Å². The zero-order chi connectivity index (χ0) is 19.9. The van der Waals surface area contributed by atoms with E-state index in [0.717, 1.165) is 5.56 Å². The monoisotopic (exact) mass is 379 g/mol. The Morgan fingerprint density at radius 1 is 1.00 bits per heavy atom. The Bertz CT molecular complexity index is 1000. The number of para-hydroxylation sites is 1. The molecule has 3 aromatic rings. The Balaban J connectivity index is 1.52. The van der Waals surface area contributed by atoms with E-state index in [1.165, 1.54) is 12.1 Å². The van der Waals surface area contributed by atoms with Crippen LogP contribution in [0.5, 0.6) is 5.75 Å². The molecule has 0 spiro atoms. The second kappa shape index (κ2) is 8.49. The second-order valence-corrected chi connectivity index (χ2v) is 5.68. The number of nitrogens with zero attached hydrogens (tertiary/aromatic N) is 1. The molecule has 3 amide bonds. The number of carbonyl (C=O) groups is 3. The molecule has 142 valence electrons. The lowest BCUT2D eigenvalue weighted by Crippen LogP contribution is -2.44. The smallest absolute Gasteiger partial charge is 0.287 e. The summed E-state index contributed by atoms with van der Waals surface area (Å²) in [7, 11) is 0. The molecule has 3 rings (SSSR count). The summed E-state index contributed by atoms with van der Waals surface area (Å²) in [4.78, 5) is 35.3. The SMILES string of the molecule is NC(=O)c1ccccc1OCC(=O)NNC(=O)c1cc(-c2ccccc2)n[nH]1. The molecule has 1 aromatic heterocycles. The van der Waals surface area contributed by atoms with Crippen molar-refractivity contribution in [2.24, 2.45) is 5.73 Å². The fourth-order valence-corrected chi connectivity index (χ4v) is 2.36. The summed E-state index contributed by atoms with van der Waals surface area (Å²) in [5, 5.41) is 6.68. The van der Waals surface area contributed by atoms with Crippen LogP contribution in [0.25, 0.3) is 11.3 Å². The molecule has 9 nitrogen and oxygen atoms in total.